The van der Waals surface area contributed by atoms with Crippen LogP contribution in [0.2, 0.25) is 0 Å². The van der Waals surface area contributed by atoms with Gasteiger partial charge in [-0.1, -0.05) is 20.8 Å². The smallest absolute Gasteiger partial charge is 0.229 e. The number of fused-ring (bicyclic) bond motifs is 1. The van der Waals surface area contributed by atoms with Gasteiger partial charge in [-0.2, -0.15) is 0 Å². The van der Waals surface area contributed by atoms with Gasteiger partial charge >= 0.3 is 0 Å². The van der Waals surface area contributed by atoms with Gasteiger partial charge in [-0.3, -0.25) is 9.20 Å². The van der Waals surface area contributed by atoms with Crippen LogP contribution in [0.4, 0.5) is 5.69 Å². The van der Waals surface area contributed by atoms with Crippen molar-refractivity contribution in [1.82, 2.24) is 9.38 Å². The van der Waals surface area contributed by atoms with Gasteiger partial charge in [0.05, 0.1) is 11.4 Å². The predicted molar refractivity (Wildman–Crippen MR) is 75.7 cm³/mol. The molecule has 0 bridgehead atoms. The summed E-state index contributed by atoms with van der Waals surface area (Å²) in [5, 5.41) is 2.90. The number of nitrogens with zero attached hydrogens (tertiary/aromatic N) is 2. The summed E-state index contributed by atoms with van der Waals surface area (Å²) in [6.07, 6.45) is 1.86. The maximum atomic E-state index is 11.9. The van der Waals surface area contributed by atoms with Crippen LogP contribution in [0.1, 0.15) is 26.5 Å². The third-order valence-corrected chi connectivity index (χ3v) is 3.61. The molecular formula is C13H16BrN3O. The molecule has 1 amide bonds. The van der Waals surface area contributed by atoms with E-state index in [0.717, 1.165) is 21.6 Å². The molecule has 0 aliphatic rings. The number of carbonyl (C=O) groups excluding carboxylic acids is 1. The Labute approximate surface area is 115 Å². The van der Waals surface area contributed by atoms with E-state index >= 15 is 0 Å². The minimum absolute atomic E-state index is 0.00481. The lowest BCUT2D eigenvalue weighted by molar-refractivity contribution is -0.123. The Morgan fingerprint density at radius 3 is 2.67 bits per heavy atom. The zero-order valence-electron chi connectivity index (χ0n) is 10.9. The number of nitrogens with one attached hydrogen (secondary N) is 1. The van der Waals surface area contributed by atoms with Crippen molar-refractivity contribution in [1.29, 1.82) is 0 Å². The normalized spacial score (nSPS) is 11.8. The van der Waals surface area contributed by atoms with Crippen LogP contribution < -0.4 is 5.32 Å². The Morgan fingerprint density at radius 2 is 2.06 bits per heavy atom. The molecule has 0 saturated heterocycles. The summed E-state index contributed by atoms with van der Waals surface area (Å²) in [4.78, 5) is 16.3. The lowest BCUT2D eigenvalue weighted by Crippen LogP contribution is -2.27. The van der Waals surface area contributed by atoms with E-state index in [1.54, 1.807) is 0 Å². The van der Waals surface area contributed by atoms with E-state index in [1.165, 1.54) is 0 Å². The fourth-order valence-corrected chi connectivity index (χ4v) is 1.90. The Balaban J connectivity index is 2.36. The van der Waals surface area contributed by atoms with Crippen LogP contribution in [-0.4, -0.2) is 15.3 Å². The number of pyridine rings is 1. The van der Waals surface area contributed by atoms with Gasteiger partial charge in [0.25, 0.3) is 0 Å². The molecule has 0 atom stereocenters. The lowest BCUT2D eigenvalue weighted by Gasteiger charge is -2.17. The fraction of sp³-hybridized carbons (Fsp3) is 0.385. The summed E-state index contributed by atoms with van der Waals surface area (Å²) in [7, 11) is 0. The van der Waals surface area contributed by atoms with E-state index < -0.39 is 5.41 Å². The average Bonchev–Trinajstić information content (AvgIpc) is 2.54. The molecular weight excluding hydrogens is 294 g/mol. The van der Waals surface area contributed by atoms with Crippen molar-refractivity contribution in [3.05, 3.63) is 28.6 Å². The number of hydrogen-bond acceptors (Lipinski definition) is 2. The standard InChI is InChI=1S/C13H16BrN3O/c1-8-11(14)17-7-9(5-6-10(17)15-8)16-12(18)13(2,3)4/h5-7H,1-4H3,(H,16,18). The monoisotopic (exact) mass is 309 g/mol. The van der Waals surface area contributed by atoms with Crippen molar-refractivity contribution in [3.63, 3.8) is 0 Å². The van der Waals surface area contributed by atoms with Crippen molar-refractivity contribution >= 4 is 33.2 Å². The molecule has 0 unspecified atom stereocenters. The molecule has 4 nitrogen and oxygen atoms in total. The number of imidazole rings is 1. The van der Waals surface area contributed by atoms with E-state index in [2.05, 4.69) is 26.2 Å². The highest BCUT2D eigenvalue weighted by molar-refractivity contribution is 9.10. The number of aromatic nitrogens is 2. The second kappa shape index (κ2) is 4.39. The maximum absolute atomic E-state index is 11.9. The quantitative estimate of drug-likeness (QED) is 0.877. The number of rotatable bonds is 1. The Bertz CT molecular complexity index is 610. The second-order valence-corrected chi connectivity index (χ2v) is 6.09. The molecule has 0 aromatic carbocycles. The molecule has 96 valence electrons. The SMILES string of the molecule is Cc1nc2ccc(NC(=O)C(C)(C)C)cn2c1Br. The van der Waals surface area contributed by atoms with Crippen LogP contribution in [-0.2, 0) is 4.79 Å². The van der Waals surface area contributed by atoms with Gasteiger partial charge in [0.1, 0.15) is 10.3 Å². The van der Waals surface area contributed by atoms with Crippen molar-refractivity contribution in [3.8, 4) is 0 Å². The highest BCUT2D eigenvalue weighted by Gasteiger charge is 2.21. The van der Waals surface area contributed by atoms with E-state index in [4.69, 9.17) is 0 Å². The predicted octanol–water partition coefficient (Wildman–Crippen LogP) is 3.39. The highest BCUT2D eigenvalue weighted by atomic mass is 79.9. The lowest BCUT2D eigenvalue weighted by atomic mass is 9.96. The number of anilines is 1. The van der Waals surface area contributed by atoms with Crippen molar-refractivity contribution in [2.75, 3.05) is 5.32 Å². The maximum Gasteiger partial charge on any atom is 0.229 e. The van der Waals surface area contributed by atoms with Crippen molar-refractivity contribution in [2.24, 2.45) is 5.41 Å². The van der Waals surface area contributed by atoms with Crippen LogP contribution in [0, 0.1) is 12.3 Å². The van der Waals surface area contributed by atoms with Crippen LogP contribution in [0.15, 0.2) is 22.9 Å². The zero-order valence-corrected chi connectivity index (χ0v) is 12.5. The summed E-state index contributed by atoms with van der Waals surface area (Å²) in [5.41, 5.74) is 2.14. The molecule has 0 saturated carbocycles. The molecule has 0 spiro atoms. The van der Waals surface area contributed by atoms with Gasteiger partial charge in [0, 0.05) is 11.6 Å². The highest BCUT2D eigenvalue weighted by Crippen LogP contribution is 2.22. The largest absolute Gasteiger partial charge is 0.324 e. The molecule has 2 rings (SSSR count). The summed E-state index contributed by atoms with van der Waals surface area (Å²) < 4.78 is 2.82. The molecule has 0 aliphatic heterocycles. The Kier molecular flexibility index (Phi) is 3.19. The molecule has 2 aromatic rings. The molecule has 2 heterocycles. The minimum atomic E-state index is -0.406. The zero-order chi connectivity index (χ0) is 13.5. The first-order valence-electron chi connectivity index (χ1n) is 5.75. The van der Waals surface area contributed by atoms with Gasteiger partial charge in [-0.05, 0) is 35.0 Å². The summed E-state index contributed by atoms with van der Waals surface area (Å²) in [5.74, 6) is -0.00481. The third-order valence-electron chi connectivity index (χ3n) is 2.66. The van der Waals surface area contributed by atoms with Crippen LogP contribution in [0.5, 0.6) is 0 Å². The van der Waals surface area contributed by atoms with Crippen LogP contribution in [0.25, 0.3) is 5.65 Å². The van der Waals surface area contributed by atoms with Gasteiger partial charge in [-0.25, -0.2) is 4.98 Å². The summed E-state index contributed by atoms with van der Waals surface area (Å²) in [6.45, 7) is 7.60. The summed E-state index contributed by atoms with van der Waals surface area (Å²) >= 11 is 3.48. The molecule has 5 heteroatoms. The van der Waals surface area contributed by atoms with E-state index in [0.29, 0.717) is 0 Å². The van der Waals surface area contributed by atoms with E-state index in [9.17, 15) is 4.79 Å². The minimum Gasteiger partial charge on any atom is -0.324 e. The number of hydrogen-bond donors (Lipinski definition) is 1. The number of amides is 1. The molecule has 0 aliphatic carbocycles. The first kappa shape index (κ1) is 13.1. The molecule has 1 N–H and O–H groups in total. The molecule has 2 aromatic heterocycles. The van der Waals surface area contributed by atoms with Crippen molar-refractivity contribution < 1.29 is 4.79 Å². The second-order valence-electron chi connectivity index (χ2n) is 5.34. The van der Waals surface area contributed by atoms with Gasteiger partial charge in [0.2, 0.25) is 5.91 Å². The Morgan fingerprint density at radius 1 is 1.39 bits per heavy atom. The fourth-order valence-electron chi connectivity index (χ4n) is 1.53. The van der Waals surface area contributed by atoms with Crippen molar-refractivity contribution in [2.45, 2.75) is 27.7 Å². The first-order chi connectivity index (χ1) is 8.29. The van der Waals surface area contributed by atoms with Gasteiger partial charge in [0.15, 0.2) is 0 Å². The summed E-state index contributed by atoms with van der Waals surface area (Å²) in [6, 6.07) is 3.74. The Hall–Kier alpha value is -1.36. The topological polar surface area (TPSA) is 46.4 Å². The number of carbonyl (C=O) groups is 1. The van der Waals surface area contributed by atoms with Gasteiger partial charge in [-0.15, -0.1) is 0 Å². The first-order valence-corrected chi connectivity index (χ1v) is 6.54. The average molecular weight is 310 g/mol. The number of aryl methyl sites for hydroxylation is 1. The number of halogens is 1. The van der Waals surface area contributed by atoms with E-state index in [-0.39, 0.29) is 5.91 Å². The third kappa shape index (κ3) is 2.41. The molecule has 18 heavy (non-hydrogen) atoms. The van der Waals surface area contributed by atoms with Gasteiger partial charge < -0.3 is 5.32 Å². The molecule has 0 radical (unpaired) electrons. The van der Waals surface area contributed by atoms with Crippen LogP contribution >= 0.6 is 15.9 Å². The van der Waals surface area contributed by atoms with Crippen LogP contribution in [0.3, 0.4) is 0 Å². The molecule has 0 fully saturated rings. The van der Waals surface area contributed by atoms with E-state index in [1.807, 2.05) is 50.4 Å².